The molecule has 0 bridgehead atoms. The van der Waals surface area contributed by atoms with Gasteiger partial charge in [0, 0.05) is 13.1 Å². The zero-order chi connectivity index (χ0) is 24.8. The number of hydrogen-bond donors (Lipinski definition) is 8. The third-order valence-electron chi connectivity index (χ3n) is 5.02. The summed E-state index contributed by atoms with van der Waals surface area (Å²) >= 11 is 0. The van der Waals surface area contributed by atoms with Crippen LogP contribution in [-0.2, 0) is 23.5 Å². The number of hydrogen-bond acceptors (Lipinski definition) is 6. The van der Waals surface area contributed by atoms with E-state index in [0.29, 0.717) is 26.2 Å². The molecule has 0 amide bonds. The van der Waals surface area contributed by atoms with Crippen molar-refractivity contribution in [2.24, 2.45) is 11.5 Å². The van der Waals surface area contributed by atoms with E-state index in [1.54, 1.807) is 9.80 Å². The number of nitrogens with two attached hydrogens (primary N) is 2. The molecule has 0 aromatic heterocycles. The van der Waals surface area contributed by atoms with Crippen molar-refractivity contribution in [2.45, 2.75) is 25.3 Å². The first-order valence-electron chi connectivity index (χ1n) is 9.76. The predicted molar refractivity (Wildman–Crippen MR) is 122 cm³/mol. The minimum absolute atomic E-state index is 0.0125. The molecule has 2 aliphatic rings. The summed E-state index contributed by atoms with van der Waals surface area (Å²) in [5, 5.41) is 34.2. The highest BCUT2D eigenvalue weighted by Gasteiger charge is 2.24. The number of rotatable bonds is 0. The van der Waals surface area contributed by atoms with Crippen molar-refractivity contribution in [1.82, 2.24) is 9.80 Å². The zero-order valence-electron chi connectivity index (χ0n) is 17.7. The van der Waals surface area contributed by atoms with Crippen molar-refractivity contribution in [3.63, 3.8) is 0 Å². The largest absolute Gasteiger partial charge is 0.394 e. The minimum Gasteiger partial charge on any atom is -0.387 e. The van der Waals surface area contributed by atoms with Gasteiger partial charge in [0.15, 0.2) is 11.9 Å². The van der Waals surface area contributed by atoms with Gasteiger partial charge in [-0.3, -0.25) is 19.9 Å². The van der Waals surface area contributed by atoms with Gasteiger partial charge in [-0.25, -0.2) is 0 Å². The summed E-state index contributed by atoms with van der Waals surface area (Å²) < 4.78 is 31.6. The first-order chi connectivity index (χ1) is 15.4. The van der Waals surface area contributed by atoms with E-state index in [1.807, 2.05) is 48.5 Å². The molecule has 2 aliphatic heterocycles. The molecule has 0 aliphatic carbocycles. The Balaban J connectivity index is 0.000000195. The number of aliphatic hydroxyl groups excluding tert-OH is 2. The number of guanidine groups is 2. The monoisotopic (exact) mass is 486 g/mol. The lowest BCUT2D eigenvalue weighted by Crippen LogP contribution is -2.41. The molecule has 0 saturated carbocycles. The maximum atomic E-state index is 9.79. The minimum atomic E-state index is -4.67. The van der Waals surface area contributed by atoms with Crippen molar-refractivity contribution >= 4 is 22.3 Å². The second-order valence-corrected chi connectivity index (χ2v) is 8.30. The Hall–Kier alpha value is -3.23. The van der Waals surface area contributed by atoms with Gasteiger partial charge >= 0.3 is 10.4 Å². The molecule has 12 nitrogen and oxygen atoms in total. The summed E-state index contributed by atoms with van der Waals surface area (Å²) in [6.07, 6.45) is -1.08. The third kappa shape index (κ3) is 8.00. The van der Waals surface area contributed by atoms with E-state index in [-0.39, 0.29) is 11.9 Å². The van der Waals surface area contributed by atoms with Crippen molar-refractivity contribution < 1.29 is 27.7 Å². The van der Waals surface area contributed by atoms with Gasteiger partial charge in [0.1, 0.15) is 0 Å². The fraction of sp³-hybridized carbons (Fsp3) is 0.300. The average molecular weight is 487 g/mol. The zero-order valence-corrected chi connectivity index (χ0v) is 18.5. The SMILES string of the molecule is O=S(=O)(O)O.[15NH]=[13C]([15NH2])N1Cc2ccccc2C(O)C1.[15NH]=[13C]([15NH2])N1Cc2ccccc2C(O)C1. The molecule has 2 atom stereocenters. The second-order valence-electron chi connectivity index (χ2n) is 7.41. The Labute approximate surface area is 191 Å². The molecule has 33 heavy (non-hydrogen) atoms. The summed E-state index contributed by atoms with van der Waals surface area (Å²) in [5.74, 6) is 0.0251. The van der Waals surface area contributed by atoms with E-state index < -0.39 is 22.6 Å². The second kappa shape index (κ2) is 11.1. The standard InChI is InChI=1S/2C10H13N3O.H2O4S/c2*11-10(12)13-5-7-3-1-2-4-8(7)9(14)6-13;1-5(2,3)4/h2*1-4,9,14H,5-6H2,(H3,11,12);(H2,1,2,3,4)/i2*10+1,11+1,12+1;. The third-order valence-corrected chi connectivity index (χ3v) is 5.02. The van der Waals surface area contributed by atoms with Gasteiger partial charge in [-0.2, -0.15) is 8.42 Å². The first-order valence-corrected chi connectivity index (χ1v) is 11.2. The normalized spacial score (nSPS) is 19.0. The van der Waals surface area contributed by atoms with Crippen molar-refractivity contribution in [3.05, 3.63) is 70.8 Å². The van der Waals surface area contributed by atoms with Crippen LogP contribution in [0.2, 0.25) is 0 Å². The van der Waals surface area contributed by atoms with E-state index in [1.165, 1.54) is 0 Å². The molecule has 0 fully saturated rings. The van der Waals surface area contributed by atoms with E-state index in [4.69, 9.17) is 39.8 Å². The number of nitrogens with one attached hydrogen (secondary N) is 2. The molecule has 2 aromatic rings. The highest BCUT2D eigenvalue weighted by atomic mass is 32.3. The fourth-order valence-electron chi connectivity index (χ4n) is 3.53. The number of benzene rings is 2. The van der Waals surface area contributed by atoms with Gasteiger partial charge in [0.05, 0.1) is 25.3 Å². The van der Waals surface area contributed by atoms with Crippen LogP contribution in [0.4, 0.5) is 0 Å². The molecule has 4 rings (SSSR count). The Morgan fingerprint density at radius 3 is 1.39 bits per heavy atom. The molecular weight excluding hydrogens is 458 g/mol. The lowest BCUT2D eigenvalue weighted by molar-refractivity contribution is 0.126. The van der Waals surface area contributed by atoms with Gasteiger partial charge in [-0.15, -0.1) is 0 Å². The predicted octanol–water partition coefficient (Wildman–Crippen LogP) is 0.205. The number of β-amino-alcohol motifs (C(OH)–C–C–N with tert-alkyl or cyclic N) is 2. The van der Waals surface area contributed by atoms with Gasteiger partial charge < -0.3 is 31.5 Å². The highest BCUT2D eigenvalue weighted by molar-refractivity contribution is 7.79. The number of fused-ring (bicyclic) bond motifs is 2. The Kier molecular flexibility index (Phi) is 8.73. The molecule has 2 unspecified atom stereocenters. The van der Waals surface area contributed by atoms with Crippen LogP contribution in [0.5, 0.6) is 0 Å². The molecule has 10 N–H and O–H groups in total. The van der Waals surface area contributed by atoms with Crippen LogP contribution >= 0.6 is 0 Å². The maximum absolute atomic E-state index is 9.79. The Morgan fingerprint density at radius 2 is 1.09 bits per heavy atom. The van der Waals surface area contributed by atoms with Crippen molar-refractivity contribution in [2.75, 3.05) is 13.1 Å². The van der Waals surface area contributed by atoms with Crippen LogP contribution in [0.15, 0.2) is 48.5 Å². The molecule has 180 valence electrons. The number of aliphatic hydroxyl groups is 2. The summed E-state index contributed by atoms with van der Waals surface area (Å²) in [7, 11) is -4.67. The van der Waals surface area contributed by atoms with Gasteiger partial charge in [0.25, 0.3) is 0 Å². The van der Waals surface area contributed by atoms with E-state index >= 15 is 0 Å². The van der Waals surface area contributed by atoms with Gasteiger partial charge in [-0.05, 0) is 22.3 Å². The van der Waals surface area contributed by atoms with Gasteiger partial charge in [0.2, 0.25) is 0 Å². The van der Waals surface area contributed by atoms with Crippen molar-refractivity contribution in [3.8, 4) is 0 Å². The van der Waals surface area contributed by atoms with E-state index in [9.17, 15) is 10.2 Å². The summed E-state index contributed by atoms with van der Waals surface area (Å²) in [5.41, 5.74) is 14.8. The molecule has 13 heteroatoms. The lowest BCUT2D eigenvalue weighted by atomic mass is 9.98. The van der Waals surface area contributed by atoms with E-state index in [0.717, 1.165) is 22.3 Å². The van der Waals surface area contributed by atoms with E-state index in [2.05, 4.69) is 0 Å². The van der Waals surface area contributed by atoms with Crippen LogP contribution in [0.25, 0.3) is 0 Å². The van der Waals surface area contributed by atoms with Crippen LogP contribution in [0, 0.1) is 10.8 Å². The fourth-order valence-corrected chi connectivity index (χ4v) is 3.53. The molecule has 2 heterocycles. The topological polar surface area (TPSA) is 221 Å². The van der Waals surface area contributed by atoms with Crippen molar-refractivity contribution in [1.29, 1.82) is 10.8 Å². The molecule has 0 radical (unpaired) electrons. The van der Waals surface area contributed by atoms with Gasteiger partial charge in [-0.1, -0.05) is 48.5 Å². The molecule has 0 saturated heterocycles. The number of nitrogens with zero attached hydrogens (tertiary/aromatic N) is 2. The lowest BCUT2D eigenvalue weighted by Gasteiger charge is -2.32. The average Bonchev–Trinajstić information content (AvgIpc) is 2.73. The highest BCUT2D eigenvalue weighted by Crippen LogP contribution is 2.26. The summed E-state index contributed by atoms with van der Waals surface area (Å²) in [4.78, 5) is 3.32. The molecular formula is C20H28N6O6S. The van der Waals surface area contributed by atoms with Crippen LogP contribution in [0.3, 0.4) is 0 Å². The molecule has 0 spiro atoms. The van der Waals surface area contributed by atoms with Crippen LogP contribution in [-0.4, -0.2) is 62.5 Å². The van der Waals surface area contributed by atoms with Crippen LogP contribution < -0.4 is 11.5 Å². The summed E-state index contributed by atoms with van der Waals surface area (Å²) in [6, 6.07) is 15.4. The Bertz CT molecular complexity index is 1020. The molecule has 2 aromatic carbocycles. The quantitative estimate of drug-likeness (QED) is 0.0830. The smallest absolute Gasteiger partial charge is 0.387 e. The maximum Gasteiger partial charge on any atom is 0.394 e. The summed E-state index contributed by atoms with van der Waals surface area (Å²) in [6.45, 7) is 2.05. The Morgan fingerprint density at radius 1 is 0.788 bits per heavy atom. The van der Waals surface area contributed by atoms with Crippen LogP contribution in [0.1, 0.15) is 34.5 Å². The first kappa shape index (κ1) is 26.0.